The number of nitrogens with two attached hydrogens (primary N) is 1. The maximum absolute atomic E-state index is 12.6. The van der Waals surface area contributed by atoms with Crippen LogP contribution >= 0.6 is 15.9 Å². The van der Waals surface area contributed by atoms with Crippen molar-refractivity contribution in [1.29, 1.82) is 0 Å². The highest BCUT2D eigenvalue weighted by atomic mass is 79.9. The molecule has 8 heteroatoms. The third-order valence-corrected chi connectivity index (χ3v) is 2.15. The van der Waals surface area contributed by atoms with Crippen LogP contribution in [0.1, 0.15) is 13.8 Å². The molecule has 0 atom stereocenters. The lowest BCUT2D eigenvalue weighted by molar-refractivity contribution is -0.104. The Kier molecular flexibility index (Phi) is 7.75. The number of aromatic nitrogens is 1. The average Bonchev–Trinajstić information content (AvgIpc) is 2.41. The van der Waals surface area contributed by atoms with Crippen LogP contribution in [-0.2, 0) is 4.79 Å². The van der Waals surface area contributed by atoms with E-state index in [1.165, 1.54) is 18.3 Å². The number of pyridine rings is 1. The molecule has 20 heavy (non-hydrogen) atoms. The maximum Gasteiger partial charge on any atom is 0.433 e. The van der Waals surface area contributed by atoms with E-state index in [-0.39, 0.29) is 12.1 Å². The summed E-state index contributed by atoms with van der Waals surface area (Å²) in [7, 11) is 0. The van der Waals surface area contributed by atoms with Crippen molar-refractivity contribution in [2.45, 2.75) is 20.0 Å². The van der Waals surface area contributed by atoms with Gasteiger partial charge in [0.05, 0.1) is 5.70 Å². The summed E-state index contributed by atoms with van der Waals surface area (Å²) in [6.45, 7) is 4.00. The number of hydrogen-bond acceptors (Lipinski definition) is 4. The lowest BCUT2D eigenvalue weighted by Crippen LogP contribution is -2.22. The summed E-state index contributed by atoms with van der Waals surface area (Å²) in [5, 5.41) is 0. The molecular weight excluding hydrogens is 339 g/mol. The molecule has 0 aliphatic heterocycles. The van der Waals surface area contributed by atoms with E-state index in [1.54, 1.807) is 0 Å². The van der Waals surface area contributed by atoms with Gasteiger partial charge >= 0.3 is 6.18 Å². The molecule has 0 unspecified atom stereocenters. The Morgan fingerprint density at radius 2 is 2.00 bits per heavy atom. The molecule has 0 aliphatic rings. The fraction of sp³-hybridized carbons (Fsp3) is 0.250. The normalized spacial score (nSPS) is 12.5. The molecule has 0 saturated heterocycles. The van der Waals surface area contributed by atoms with Crippen molar-refractivity contribution in [3.63, 3.8) is 0 Å². The van der Waals surface area contributed by atoms with E-state index in [0.717, 1.165) is 0 Å². The molecule has 4 nitrogen and oxygen atoms in total. The molecule has 0 fully saturated rings. The Hall–Kier alpha value is -1.70. The van der Waals surface area contributed by atoms with E-state index in [0.29, 0.717) is 10.5 Å². The van der Waals surface area contributed by atoms with E-state index in [1.807, 2.05) is 13.8 Å². The predicted molar refractivity (Wildman–Crippen MR) is 74.8 cm³/mol. The largest absolute Gasteiger partial charge is 0.433 e. The van der Waals surface area contributed by atoms with Crippen molar-refractivity contribution in [2.75, 3.05) is 0 Å². The molecule has 2 N–H and O–H groups in total. The molecule has 0 radical (unpaired) electrons. The van der Waals surface area contributed by atoms with Gasteiger partial charge in [-0.2, -0.15) is 13.2 Å². The summed E-state index contributed by atoms with van der Waals surface area (Å²) < 4.78 is 38.4. The first-order valence-electron chi connectivity index (χ1n) is 5.52. The number of aliphatic imine (C=N–C) groups is 1. The second-order valence-corrected chi connectivity index (χ2v) is 4.01. The summed E-state index contributed by atoms with van der Waals surface area (Å²) in [5.41, 5.74) is 3.18. The van der Waals surface area contributed by atoms with Crippen LogP contribution in [0.5, 0.6) is 0 Å². The molecule has 0 aromatic carbocycles. The second kappa shape index (κ2) is 8.47. The van der Waals surface area contributed by atoms with Crippen molar-refractivity contribution in [3.05, 3.63) is 34.6 Å². The number of carbonyl (C=O) groups is 1. The average molecular weight is 352 g/mol. The van der Waals surface area contributed by atoms with Crippen LogP contribution in [0.2, 0.25) is 0 Å². The van der Waals surface area contributed by atoms with Crippen LogP contribution in [0.25, 0.3) is 0 Å². The van der Waals surface area contributed by atoms with Crippen molar-refractivity contribution in [1.82, 2.24) is 4.98 Å². The van der Waals surface area contributed by atoms with Gasteiger partial charge in [0.2, 0.25) is 0 Å². The van der Waals surface area contributed by atoms with Crippen LogP contribution in [0.3, 0.4) is 0 Å². The van der Waals surface area contributed by atoms with Crippen molar-refractivity contribution < 1.29 is 18.0 Å². The summed E-state index contributed by atoms with van der Waals surface area (Å²) >= 11 is 3.09. The number of nitrogens with zero attached hydrogens (tertiary/aromatic N) is 2. The number of allylic oxidation sites excluding steroid dienone is 2. The maximum atomic E-state index is 12.6. The molecule has 0 spiro atoms. The van der Waals surface area contributed by atoms with Crippen molar-refractivity contribution >= 4 is 33.7 Å². The van der Waals surface area contributed by atoms with Crippen LogP contribution in [0.4, 0.5) is 19.0 Å². The van der Waals surface area contributed by atoms with Gasteiger partial charge in [-0.3, -0.25) is 4.79 Å². The first-order chi connectivity index (χ1) is 9.32. The summed E-state index contributed by atoms with van der Waals surface area (Å²) in [4.78, 5) is 17.2. The number of carbonyl (C=O) groups excluding carboxylic acids is 1. The third-order valence-electron chi connectivity index (χ3n) is 1.68. The smallest absolute Gasteiger partial charge is 0.396 e. The Morgan fingerprint density at radius 1 is 1.40 bits per heavy atom. The minimum Gasteiger partial charge on any atom is -0.396 e. The minimum atomic E-state index is -4.72. The number of hydrogen-bond donors (Lipinski definition) is 1. The fourth-order valence-electron chi connectivity index (χ4n) is 0.927. The highest BCUT2D eigenvalue weighted by molar-refractivity contribution is 9.10. The van der Waals surface area contributed by atoms with E-state index >= 15 is 0 Å². The number of rotatable bonds is 3. The Labute approximate surface area is 122 Å². The molecule has 0 bridgehead atoms. The van der Waals surface area contributed by atoms with Gasteiger partial charge in [-0.15, -0.1) is 0 Å². The molecule has 1 aromatic heterocycles. The van der Waals surface area contributed by atoms with Gasteiger partial charge in [-0.05, 0) is 34.1 Å². The molecule has 0 aliphatic carbocycles. The quantitative estimate of drug-likeness (QED) is 0.514. The fourth-order valence-corrected chi connectivity index (χ4v) is 1.16. The van der Waals surface area contributed by atoms with E-state index in [4.69, 9.17) is 5.73 Å². The molecule has 1 aromatic rings. The highest BCUT2D eigenvalue weighted by Crippen LogP contribution is 2.22. The summed E-state index contributed by atoms with van der Waals surface area (Å²) in [5.74, 6) is -0.138. The van der Waals surface area contributed by atoms with E-state index < -0.39 is 17.6 Å². The second-order valence-electron chi connectivity index (χ2n) is 3.09. The van der Waals surface area contributed by atoms with E-state index in [2.05, 4.69) is 25.9 Å². The lowest BCUT2D eigenvalue weighted by atomic mass is 10.3. The monoisotopic (exact) mass is 351 g/mol. The predicted octanol–water partition coefficient (Wildman–Crippen LogP) is 3.55. The molecule has 0 saturated carbocycles. The van der Waals surface area contributed by atoms with Crippen LogP contribution in [-0.4, -0.2) is 23.2 Å². The van der Waals surface area contributed by atoms with Gasteiger partial charge in [0.1, 0.15) is 5.71 Å². The molecule has 110 valence electrons. The van der Waals surface area contributed by atoms with E-state index in [9.17, 15) is 18.0 Å². The summed E-state index contributed by atoms with van der Waals surface area (Å²) in [6.07, 6.45) is -2.85. The van der Waals surface area contributed by atoms with Crippen LogP contribution in [0, 0.1) is 0 Å². The molecular formula is C12H13BrF3N3O. The molecule has 1 rings (SSSR count). The van der Waals surface area contributed by atoms with Crippen LogP contribution < -0.4 is 5.73 Å². The lowest BCUT2D eigenvalue weighted by Gasteiger charge is -2.06. The van der Waals surface area contributed by atoms with Gasteiger partial charge in [-0.25, -0.2) is 9.98 Å². The number of alkyl halides is 3. The van der Waals surface area contributed by atoms with Crippen LogP contribution in [0.15, 0.2) is 39.6 Å². The number of halogens is 4. The van der Waals surface area contributed by atoms with Gasteiger partial charge in [-0.1, -0.05) is 13.8 Å². The Morgan fingerprint density at radius 3 is 2.40 bits per heavy atom. The zero-order chi connectivity index (χ0) is 15.8. The van der Waals surface area contributed by atoms with Crippen molar-refractivity contribution in [2.24, 2.45) is 10.7 Å². The summed E-state index contributed by atoms with van der Waals surface area (Å²) in [6, 6.07) is 2.79. The standard InChI is InChI=1S/C10H7BrF3N3O.C2H6/c11-6-1-2-9(16-4-6)17-8(10(12,13)14)3-7(15)5-18;1-2/h1-5H,15H2;1-2H3/b7-3-,17-8?;. The number of aldehydes is 1. The first-order valence-corrected chi connectivity index (χ1v) is 6.32. The van der Waals surface area contributed by atoms with Gasteiger partial charge in [0.25, 0.3) is 0 Å². The Balaban J connectivity index is 0.00000172. The molecule has 1 heterocycles. The van der Waals surface area contributed by atoms with Gasteiger partial charge < -0.3 is 5.73 Å². The third kappa shape index (κ3) is 6.46. The Bertz CT molecular complexity index is 496. The topological polar surface area (TPSA) is 68.3 Å². The first kappa shape index (κ1) is 18.3. The zero-order valence-electron chi connectivity index (χ0n) is 10.8. The zero-order valence-corrected chi connectivity index (χ0v) is 12.4. The van der Waals surface area contributed by atoms with Crippen molar-refractivity contribution in [3.8, 4) is 0 Å². The highest BCUT2D eigenvalue weighted by Gasteiger charge is 2.34. The van der Waals surface area contributed by atoms with Gasteiger partial charge in [0, 0.05) is 10.7 Å². The SMILES string of the molecule is CC.N/C(C=O)=C\C(=Nc1ccc(Br)cn1)C(F)(F)F. The minimum absolute atomic E-state index is 0.107. The van der Waals surface area contributed by atoms with Gasteiger partial charge in [0.15, 0.2) is 12.1 Å². The molecule has 0 amide bonds.